The molecule has 0 aliphatic rings. The molecule has 5 aromatic carbocycles. The molecule has 0 aromatic heterocycles. The van der Waals surface area contributed by atoms with Crippen LogP contribution in [0, 0.1) is 0 Å². The third-order valence-corrected chi connectivity index (χ3v) is 6.16. The van der Waals surface area contributed by atoms with Crippen LogP contribution in [0.15, 0.2) is 140 Å². The topological polar surface area (TPSA) is 20.2 Å². The Morgan fingerprint density at radius 2 is 0.606 bits per heavy atom. The minimum Gasteiger partial charge on any atom is -0.508 e. The van der Waals surface area contributed by atoms with Gasteiger partial charge in [-0.1, -0.05) is 127 Å². The van der Waals surface area contributed by atoms with Crippen molar-refractivity contribution in [2.75, 3.05) is 0 Å². The highest BCUT2D eigenvalue weighted by molar-refractivity contribution is 5.51. The van der Waals surface area contributed by atoms with Crippen molar-refractivity contribution in [1.82, 2.24) is 0 Å². The molecule has 1 nitrogen and oxygen atoms in total. The van der Waals surface area contributed by atoms with E-state index in [4.69, 9.17) is 0 Å². The van der Waals surface area contributed by atoms with Gasteiger partial charge < -0.3 is 5.11 Å². The number of phenols is 1. The van der Waals surface area contributed by atoms with Crippen molar-refractivity contribution in [3.05, 3.63) is 173 Å². The quantitative estimate of drug-likeness (QED) is 0.275. The van der Waals surface area contributed by atoms with E-state index >= 15 is 0 Å². The van der Waals surface area contributed by atoms with Crippen molar-refractivity contribution in [2.24, 2.45) is 0 Å². The molecule has 0 atom stereocenters. The summed E-state index contributed by atoms with van der Waals surface area (Å²) >= 11 is 0. The summed E-state index contributed by atoms with van der Waals surface area (Å²) in [6, 6.07) is 48.1. The molecular weight excluding hydrogens is 400 g/mol. The summed E-state index contributed by atoms with van der Waals surface area (Å²) in [5.41, 5.74) is 6.98. The summed E-state index contributed by atoms with van der Waals surface area (Å²) in [5, 5.41) is 10.9. The van der Waals surface area contributed by atoms with Crippen molar-refractivity contribution < 1.29 is 5.11 Å². The Kier molecular flexibility index (Phi) is 6.04. The zero-order valence-electron chi connectivity index (χ0n) is 18.4. The molecule has 1 heteroatoms. The van der Waals surface area contributed by atoms with Crippen LogP contribution in [0.1, 0.15) is 45.2 Å². The second-order valence-electron chi connectivity index (χ2n) is 8.37. The summed E-state index contributed by atoms with van der Waals surface area (Å²) in [7, 11) is 0. The molecule has 0 heterocycles. The monoisotopic (exact) mass is 426 g/mol. The number of hydrogen-bond donors (Lipinski definition) is 1. The van der Waals surface area contributed by atoms with E-state index in [1.165, 1.54) is 22.3 Å². The van der Waals surface area contributed by atoms with Crippen LogP contribution in [-0.2, 0) is 0 Å². The van der Waals surface area contributed by atoms with Crippen LogP contribution >= 0.6 is 0 Å². The molecule has 5 aromatic rings. The summed E-state index contributed by atoms with van der Waals surface area (Å²) in [6.45, 7) is 0. The SMILES string of the molecule is Oc1cc(C(c2ccccc2)c2ccccc2)cc(C(c2ccccc2)c2ccccc2)c1. The lowest BCUT2D eigenvalue weighted by molar-refractivity contribution is 0.473. The third-order valence-electron chi connectivity index (χ3n) is 6.16. The summed E-state index contributed by atoms with van der Waals surface area (Å²) in [4.78, 5) is 0. The third kappa shape index (κ3) is 4.58. The number of benzene rings is 5. The first kappa shape index (κ1) is 20.8. The van der Waals surface area contributed by atoms with E-state index in [1.54, 1.807) is 0 Å². The van der Waals surface area contributed by atoms with Gasteiger partial charge in [-0.05, 0) is 45.5 Å². The second-order valence-corrected chi connectivity index (χ2v) is 8.37. The maximum absolute atomic E-state index is 10.9. The van der Waals surface area contributed by atoms with Crippen LogP contribution in [-0.4, -0.2) is 5.11 Å². The van der Waals surface area contributed by atoms with Crippen LogP contribution < -0.4 is 0 Å². The minimum atomic E-state index is 0.0328. The zero-order valence-corrected chi connectivity index (χ0v) is 18.4. The van der Waals surface area contributed by atoms with Gasteiger partial charge in [-0.15, -0.1) is 0 Å². The van der Waals surface area contributed by atoms with Gasteiger partial charge in [0.15, 0.2) is 0 Å². The van der Waals surface area contributed by atoms with Gasteiger partial charge in [0.1, 0.15) is 5.75 Å². The van der Waals surface area contributed by atoms with E-state index in [0.29, 0.717) is 0 Å². The van der Waals surface area contributed by atoms with E-state index < -0.39 is 0 Å². The molecule has 0 saturated carbocycles. The molecule has 0 bridgehead atoms. The van der Waals surface area contributed by atoms with Gasteiger partial charge in [0, 0.05) is 11.8 Å². The predicted octanol–water partition coefficient (Wildman–Crippen LogP) is 7.75. The van der Waals surface area contributed by atoms with Gasteiger partial charge in [0.2, 0.25) is 0 Å². The van der Waals surface area contributed by atoms with Crippen molar-refractivity contribution in [2.45, 2.75) is 11.8 Å². The molecule has 1 N–H and O–H groups in total. The van der Waals surface area contributed by atoms with Crippen molar-refractivity contribution in [3.8, 4) is 5.75 Å². The first-order valence-electron chi connectivity index (χ1n) is 11.3. The fraction of sp³-hybridized carbons (Fsp3) is 0.0625. The fourth-order valence-corrected chi connectivity index (χ4v) is 4.73. The second kappa shape index (κ2) is 9.58. The Morgan fingerprint density at radius 1 is 0.333 bits per heavy atom. The van der Waals surface area contributed by atoms with Crippen LogP contribution in [0.5, 0.6) is 5.75 Å². The minimum absolute atomic E-state index is 0.0328. The Balaban J connectivity index is 1.69. The largest absolute Gasteiger partial charge is 0.508 e. The molecule has 0 aliphatic carbocycles. The molecule has 0 fully saturated rings. The number of hydrogen-bond acceptors (Lipinski definition) is 1. The van der Waals surface area contributed by atoms with Gasteiger partial charge in [0.25, 0.3) is 0 Å². The summed E-state index contributed by atoms with van der Waals surface area (Å²) in [5.74, 6) is 0.354. The number of phenolic OH excluding ortho intramolecular Hbond substituents is 1. The molecule has 5 rings (SSSR count). The molecule has 160 valence electrons. The number of aromatic hydroxyl groups is 1. The molecule has 0 saturated heterocycles. The van der Waals surface area contributed by atoms with Gasteiger partial charge in [-0.3, -0.25) is 0 Å². The molecule has 0 aliphatic heterocycles. The van der Waals surface area contributed by atoms with Gasteiger partial charge in [-0.25, -0.2) is 0 Å². The average molecular weight is 427 g/mol. The summed E-state index contributed by atoms with van der Waals surface area (Å²) < 4.78 is 0. The molecule has 0 amide bonds. The molecular formula is C32H26O. The average Bonchev–Trinajstić information content (AvgIpc) is 2.87. The van der Waals surface area contributed by atoms with Gasteiger partial charge in [0.05, 0.1) is 0 Å². The highest BCUT2D eigenvalue weighted by Gasteiger charge is 2.22. The smallest absolute Gasteiger partial charge is 0.116 e. The van der Waals surface area contributed by atoms with Crippen molar-refractivity contribution in [1.29, 1.82) is 0 Å². The predicted molar refractivity (Wildman–Crippen MR) is 136 cm³/mol. The van der Waals surface area contributed by atoms with E-state index in [1.807, 2.05) is 36.4 Å². The lowest BCUT2D eigenvalue weighted by Crippen LogP contribution is -2.07. The lowest BCUT2D eigenvalue weighted by Gasteiger charge is -2.23. The maximum Gasteiger partial charge on any atom is 0.116 e. The Bertz CT molecular complexity index is 1120. The lowest BCUT2D eigenvalue weighted by atomic mass is 9.80. The van der Waals surface area contributed by atoms with Crippen molar-refractivity contribution >= 4 is 0 Å². The van der Waals surface area contributed by atoms with Crippen LogP contribution in [0.25, 0.3) is 0 Å². The maximum atomic E-state index is 10.9. The fourth-order valence-electron chi connectivity index (χ4n) is 4.73. The standard InChI is InChI=1S/C32H26O/c33-30-22-28(31(24-13-5-1-6-14-24)25-15-7-2-8-16-25)21-29(23-30)32(26-17-9-3-10-18-26)27-19-11-4-12-20-27/h1-23,31-33H. The molecule has 0 radical (unpaired) electrons. The van der Waals surface area contributed by atoms with Gasteiger partial charge >= 0.3 is 0 Å². The van der Waals surface area contributed by atoms with E-state index in [9.17, 15) is 5.11 Å². The highest BCUT2D eigenvalue weighted by Crippen LogP contribution is 2.39. The highest BCUT2D eigenvalue weighted by atomic mass is 16.3. The first-order valence-corrected chi connectivity index (χ1v) is 11.3. The Morgan fingerprint density at radius 3 is 0.879 bits per heavy atom. The Labute approximate surface area is 195 Å². The zero-order chi connectivity index (χ0) is 22.5. The van der Waals surface area contributed by atoms with E-state index in [-0.39, 0.29) is 17.6 Å². The van der Waals surface area contributed by atoms with Crippen LogP contribution in [0.2, 0.25) is 0 Å². The molecule has 33 heavy (non-hydrogen) atoms. The van der Waals surface area contributed by atoms with E-state index in [2.05, 4.69) is 103 Å². The van der Waals surface area contributed by atoms with Crippen LogP contribution in [0.3, 0.4) is 0 Å². The number of rotatable bonds is 6. The normalized spacial score (nSPS) is 11.1. The molecule has 0 spiro atoms. The van der Waals surface area contributed by atoms with Crippen LogP contribution in [0.4, 0.5) is 0 Å². The van der Waals surface area contributed by atoms with Crippen molar-refractivity contribution in [3.63, 3.8) is 0 Å². The Hall–Kier alpha value is -4.10. The molecule has 0 unspecified atom stereocenters. The van der Waals surface area contributed by atoms with E-state index in [0.717, 1.165) is 11.1 Å². The summed E-state index contributed by atoms with van der Waals surface area (Å²) in [6.07, 6.45) is 0. The first-order chi connectivity index (χ1) is 16.3. The van der Waals surface area contributed by atoms with Gasteiger partial charge in [-0.2, -0.15) is 0 Å².